The first-order valence-corrected chi connectivity index (χ1v) is 5.52. The van der Waals surface area contributed by atoms with E-state index in [4.69, 9.17) is 5.11 Å². The predicted molar refractivity (Wildman–Crippen MR) is 67.7 cm³/mol. The molecule has 1 rings (SSSR count). The number of methoxy groups -OCH3 is 1. The van der Waals surface area contributed by atoms with Gasteiger partial charge >= 0.3 is 11.9 Å². The minimum Gasteiger partial charge on any atom is -0.481 e. The van der Waals surface area contributed by atoms with Crippen molar-refractivity contribution in [1.29, 1.82) is 0 Å². The number of rotatable bonds is 5. The van der Waals surface area contributed by atoms with Crippen LogP contribution in [0.3, 0.4) is 0 Å². The van der Waals surface area contributed by atoms with E-state index in [1.54, 1.807) is 38.1 Å². The van der Waals surface area contributed by atoms with E-state index in [2.05, 4.69) is 10.1 Å². The van der Waals surface area contributed by atoms with Crippen molar-refractivity contribution in [2.75, 3.05) is 19.0 Å². The lowest BCUT2D eigenvalue weighted by Gasteiger charge is -2.20. The number of carbonyl (C=O) groups excluding carboxylic acids is 1. The highest BCUT2D eigenvalue weighted by atomic mass is 16.5. The molecule has 0 atom stereocenters. The van der Waals surface area contributed by atoms with Crippen molar-refractivity contribution in [3.05, 3.63) is 29.8 Å². The quantitative estimate of drug-likeness (QED) is 0.783. The van der Waals surface area contributed by atoms with E-state index in [0.29, 0.717) is 12.1 Å². The lowest BCUT2D eigenvalue weighted by molar-refractivity contribution is -0.146. The Bertz CT molecular complexity index is 437. The standard InChI is InChI=1S/C13H17NO4/c1-13(2,12(16)17)8-14-10-6-4-9(5-7-10)11(15)18-3/h4-7,14H,8H2,1-3H3,(H,16,17). The normalized spacial score (nSPS) is 10.8. The van der Waals surface area contributed by atoms with E-state index in [9.17, 15) is 9.59 Å². The summed E-state index contributed by atoms with van der Waals surface area (Å²) >= 11 is 0. The maximum atomic E-state index is 11.2. The second-order valence-corrected chi connectivity index (χ2v) is 4.61. The molecule has 5 nitrogen and oxygen atoms in total. The third kappa shape index (κ3) is 3.48. The first kappa shape index (κ1) is 14.0. The number of benzene rings is 1. The molecule has 1 aromatic carbocycles. The number of anilines is 1. The van der Waals surface area contributed by atoms with Gasteiger partial charge in [-0.15, -0.1) is 0 Å². The molecule has 0 aliphatic carbocycles. The predicted octanol–water partition coefficient (Wildman–Crippen LogP) is 2.00. The maximum Gasteiger partial charge on any atom is 0.337 e. The van der Waals surface area contributed by atoms with Crippen molar-refractivity contribution in [2.24, 2.45) is 5.41 Å². The molecule has 0 aliphatic rings. The maximum absolute atomic E-state index is 11.2. The van der Waals surface area contributed by atoms with Gasteiger partial charge < -0.3 is 15.2 Å². The van der Waals surface area contributed by atoms with Crippen LogP contribution in [0.2, 0.25) is 0 Å². The van der Waals surface area contributed by atoms with E-state index < -0.39 is 17.4 Å². The number of esters is 1. The largest absolute Gasteiger partial charge is 0.481 e. The molecule has 0 aromatic heterocycles. The summed E-state index contributed by atoms with van der Waals surface area (Å²) in [6.45, 7) is 3.59. The Morgan fingerprint density at radius 3 is 2.28 bits per heavy atom. The third-order valence-corrected chi connectivity index (χ3v) is 2.62. The highest BCUT2D eigenvalue weighted by Crippen LogP contribution is 2.17. The number of carbonyl (C=O) groups is 2. The molecule has 0 fully saturated rings. The number of hydrogen-bond donors (Lipinski definition) is 2. The minimum absolute atomic E-state index is 0.305. The Morgan fingerprint density at radius 1 is 1.28 bits per heavy atom. The van der Waals surface area contributed by atoms with Crippen molar-refractivity contribution >= 4 is 17.6 Å². The summed E-state index contributed by atoms with van der Waals surface area (Å²) in [6, 6.07) is 6.68. The molecule has 0 spiro atoms. The van der Waals surface area contributed by atoms with Crippen LogP contribution >= 0.6 is 0 Å². The van der Waals surface area contributed by atoms with Crippen LogP contribution in [-0.2, 0) is 9.53 Å². The molecule has 18 heavy (non-hydrogen) atoms. The molecule has 0 saturated heterocycles. The second-order valence-electron chi connectivity index (χ2n) is 4.61. The first-order valence-electron chi connectivity index (χ1n) is 5.52. The summed E-state index contributed by atoms with van der Waals surface area (Å²) in [4.78, 5) is 22.1. The number of carboxylic acids is 1. The topological polar surface area (TPSA) is 75.6 Å². The molecule has 0 aliphatic heterocycles. The molecule has 5 heteroatoms. The van der Waals surface area contributed by atoms with Crippen LogP contribution in [0.25, 0.3) is 0 Å². The van der Waals surface area contributed by atoms with E-state index in [-0.39, 0.29) is 0 Å². The molecular formula is C13H17NO4. The highest BCUT2D eigenvalue weighted by Gasteiger charge is 2.26. The summed E-state index contributed by atoms with van der Waals surface area (Å²) in [5.41, 5.74) is 0.374. The molecule has 0 radical (unpaired) electrons. The number of hydrogen-bond acceptors (Lipinski definition) is 4. The van der Waals surface area contributed by atoms with Crippen molar-refractivity contribution in [3.8, 4) is 0 Å². The summed E-state index contributed by atoms with van der Waals surface area (Å²) < 4.78 is 4.58. The average molecular weight is 251 g/mol. The van der Waals surface area contributed by atoms with Gasteiger partial charge in [-0.25, -0.2) is 4.79 Å². The fourth-order valence-electron chi connectivity index (χ4n) is 1.24. The molecule has 0 amide bonds. The van der Waals surface area contributed by atoms with Crippen molar-refractivity contribution in [2.45, 2.75) is 13.8 Å². The lowest BCUT2D eigenvalue weighted by Crippen LogP contribution is -2.31. The smallest absolute Gasteiger partial charge is 0.337 e. The number of ether oxygens (including phenoxy) is 1. The van der Waals surface area contributed by atoms with Gasteiger partial charge in [0.15, 0.2) is 0 Å². The van der Waals surface area contributed by atoms with E-state index in [0.717, 1.165) is 5.69 Å². The fourth-order valence-corrected chi connectivity index (χ4v) is 1.24. The number of carboxylic acid groups (broad SMARTS) is 1. The van der Waals surface area contributed by atoms with Gasteiger partial charge in [-0.2, -0.15) is 0 Å². The molecule has 98 valence electrons. The van der Waals surface area contributed by atoms with Crippen molar-refractivity contribution in [1.82, 2.24) is 0 Å². The number of aliphatic carboxylic acids is 1. The summed E-state index contributed by atoms with van der Waals surface area (Å²) in [6.07, 6.45) is 0. The summed E-state index contributed by atoms with van der Waals surface area (Å²) in [5, 5.41) is 12.0. The summed E-state index contributed by atoms with van der Waals surface area (Å²) in [5.74, 6) is -1.26. The van der Waals surface area contributed by atoms with E-state index in [1.807, 2.05) is 0 Å². The Kier molecular flexibility index (Phi) is 4.31. The molecule has 2 N–H and O–H groups in total. The summed E-state index contributed by atoms with van der Waals surface area (Å²) in [7, 11) is 1.32. The van der Waals surface area contributed by atoms with E-state index >= 15 is 0 Å². The van der Waals surface area contributed by atoms with Crippen LogP contribution in [0.15, 0.2) is 24.3 Å². The minimum atomic E-state index is -0.860. The number of nitrogens with one attached hydrogen (secondary N) is 1. The highest BCUT2D eigenvalue weighted by molar-refractivity contribution is 5.89. The molecule has 0 bridgehead atoms. The van der Waals surface area contributed by atoms with Gasteiger partial charge in [0.2, 0.25) is 0 Å². The lowest BCUT2D eigenvalue weighted by atomic mass is 9.94. The van der Waals surface area contributed by atoms with Gasteiger partial charge in [0.25, 0.3) is 0 Å². The molecule has 0 unspecified atom stereocenters. The molecule has 1 aromatic rings. The van der Waals surface area contributed by atoms with Crippen LogP contribution < -0.4 is 5.32 Å². The zero-order valence-corrected chi connectivity index (χ0v) is 10.7. The first-order chi connectivity index (χ1) is 8.36. The van der Waals surface area contributed by atoms with Gasteiger partial charge in [-0.3, -0.25) is 4.79 Å². The Labute approximate surface area is 106 Å². The Balaban J connectivity index is 2.65. The van der Waals surface area contributed by atoms with Crippen LogP contribution in [0.5, 0.6) is 0 Å². The van der Waals surface area contributed by atoms with Gasteiger partial charge in [-0.1, -0.05) is 0 Å². The zero-order valence-electron chi connectivity index (χ0n) is 10.7. The molecule has 0 heterocycles. The second kappa shape index (κ2) is 5.53. The van der Waals surface area contributed by atoms with Gasteiger partial charge in [0, 0.05) is 12.2 Å². The Hall–Kier alpha value is -2.04. The van der Waals surface area contributed by atoms with Crippen molar-refractivity contribution in [3.63, 3.8) is 0 Å². The van der Waals surface area contributed by atoms with Crippen LogP contribution in [-0.4, -0.2) is 30.7 Å². The van der Waals surface area contributed by atoms with Crippen LogP contribution in [0, 0.1) is 5.41 Å². The molecule has 0 saturated carbocycles. The SMILES string of the molecule is COC(=O)c1ccc(NCC(C)(C)C(=O)O)cc1. The zero-order chi connectivity index (χ0) is 13.8. The fraction of sp³-hybridized carbons (Fsp3) is 0.385. The van der Waals surface area contributed by atoms with Gasteiger partial charge in [0.05, 0.1) is 18.1 Å². The monoisotopic (exact) mass is 251 g/mol. The van der Waals surface area contributed by atoms with Crippen LogP contribution in [0.1, 0.15) is 24.2 Å². The average Bonchev–Trinajstić information content (AvgIpc) is 2.36. The van der Waals surface area contributed by atoms with Gasteiger partial charge in [0.1, 0.15) is 0 Å². The third-order valence-electron chi connectivity index (χ3n) is 2.62. The van der Waals surface area contributed by atoms with Gasteiger partial charge in [-0.05, 0) is 38.1 Å². The Morgan fingerprint density at radius 2 is 1.83 bits per heavy atom. The van der Waals surface area contributed by atoms with Crippen molar-refractivity contribution < 1.29 is 19.4 Å². The van der Waals surface area contributed by atoms with E-state index in [1.165, 1.54) is 7.11 Å². The van der Waals surface area contributed by atoms with Crippen LogP contribution in [0.4, 0.5) is 5.69 Å². The molecular weight excluding hydrogens is 234 g/mol.